The van der Waals surface area contributed by atoms with Crippen LogP contribution in [0.1, 0.15) is 27.0 Å². The van der Waals surface area contributed by atoms with Gasteiger partial charge in [-0.3, -0.25) is 4.79 Å². The number of rotatable bonds is 3. The van der Waals surface area contributed by atoms with E-state index in [1.807, 2.05) is 37.3 Å². The van der Waals surface area contributed by atoms with Crippen LogP contribution in [0.15, 0.2) is 48.7 Å². The highest BCUT2D eigenvalue weighted by molar-refractivity contribution is 6.08. The van der Waals surface area contributed by atoms with E-state index < -0.39 is 0 Å². The quantitative estimate of drug-likeness (QED) is 0.739. The molecule has 0 amide bonds. The molecule has 0 aliphatic heterocycles. The average molecular weight is 274 g/mol. The molecule has 0 saturated carbocycles. The molecule has 3 aromatic rings. The number of benzene rings is 2. The van der Waals surface area contributed by atoms with E-state index in [1.54, 1.807) is 18.3 Å². The Morgan fingerprint density at radius 3 is 2.86 bits per heavy atom. The Bertz CT molecular complexity index is 868. The Morgan fingerprint density at radius 2 is 2.10 bits per heavy atom. The van der Waals surface area contributed by atoms with Gasteiger partial charge in [-0.05, 0) is 24.6 Å². The number of fused-ring (bicyclic) bond motifs is 1. The van der Waals surface area contributed by atoms with Gasteiger partial charge < -0.3 is 4.98 Å². The van der Waals surface area contributed by atoms with Crippen molar-refractivity contribution in [2.75, 3.05) is 0 Å². The Morgan fingerprint density at radius 1 is 1.24 bits per heavy atom. The number of nitrogens with one attached hydrogen (secondary N) is 1. The zero-order chi connectivity index (χ0) is 14.8. The number of nitrogens with zero attached hydrogens (tertiary/aromatic N) is 1. The van der Waals surface area contributed by atoms with E-state index in [4.69, 9.17) is 5.26 Å². The lowest BCUT2D eigenvalue weighted by molar-refractivity contribution is 0.0994. The highest BCUT2D eigenvalue weighted by atomic mass is 16.1. The van der Waals surface area contributed by atoms with E-state index >= 15 is 0 Å². The third-order valence-electron chi connectivity index (χ3n) is 3.56. The predicted octanol–water partition coefficient (Wildman–Crippen LogP) is 3.77. The van der Waals surface area contributed by atoms with E-state index in [-0.39, 0.29) is 5.78 Å². The third-order valence-corrected chi connectivity index (χ3v) is 3.56. The van der Waals surface area contributed by atoms with Crippen molar-refractivity contribution in [3.8, 4) is 6.07 Å². The number of hydrogen-bond acceptors (Lipinski definition) is 2. The number of carbonyl (C=O) groups is 1. The summed E-state index contributed by atoms with van der Waals surface area (Å²) in [5, 5.41) is 9.77. The lowest BCUT2D eigenvalue weighted by Gasteiger charge is -2.02. The fourth-order valence-electron chi connectivity index (χ4n) is 2.53. The van der Waals surface area contributed by atoms with Crippen molar-refractivity contribution in [3.63, 3.8) is 0 Å². The summed E-state index contributed by atoms with van der Waals surface area (Å²) in [6.45, 7) is 2.02. The minimum absolute atomic E-state index is 0.0801. The van der Waals surface area contributed by atoms with Crippen molar-refractivity contribution >= 4 is 16.7 Å². The van der Waals surface area contributed by atoms with Crippen molar-refractivity contribution in [1.29, 1.82) is 5.26 Å². The number of aryl methyl sites for hydroxylation is 1. The number of nitriles is 1. The van der Waals surface area contributed by atoms with Crippen molar-refractivity contribution in [3.05, 3.63) is 70.9 Å². The second-order valence-electron chi connectivity index (χ2n) is 5.16. The van der Waals surface area contributed by atoms with Gasteiger partial charge in [0.05, 0.1) is 11.6 Å². The molecule has 21 heavy (non-hydrogen) atoms. The van der Waals surface area contributed by atoms with Gasteiger partial charge in [0, 0.05) is 29.1 Å². The van der Waals surface area contributed by atoms with Gasteiger partial charge in [0.15, 0.2) is 5.78 Å². The fraction of sp³-hybridized carbons (Fsp3) is 0.111. The van der Waals surface area contributed by atoms with Crippen LogP contribution in [-0.4, -0.2) is 10.8 Å². The van der Waals surface area contributed by atoms with Crippen LogP contribution in [0, 0.1) is 18.3 Å². The van der Waals surface area contributed by atoms with Gasteiger partial charge >= 0.3 is 0 Å². The summed E-state index contributed by atoms with van der Waals surface area (Å²) in [5.74, 6) is 0.0801. The maximum atomic E-state index is 12.5. The normalized spacial score (nSPS) is 10.5. The van der Waals surface area contributed by atoms with Crippen LogP contribution in [0.3, 0.4) is 0 Å². The molecule has 0 aliphatic carbocycles. The number of Topliss-reactive ketones (excluding diaryl/α,β-unsaturated/α-hetero) is 1. The monoisotopic (exact) mass is 274 g/mol. The van der Waals surface area contributed by atoms with Crippen LogP contribution in [0.25, 0.3) is 10.9 Å². The Balaban J connectivity index is 1.93. The van der Waals surface area contributed by atoms with Crippen LogP contribution in [0.2, 0.25) is 0 Å². The minimum Gasteiger partial charge on any atom is -0.360 e. The zero-order valence-corrected chi connectivity index (χ0v) is 11.7. The van der Waals surface area contributed by atoms with Gasteiger partial charge in [-0.1, -0.05) is 35.9 Å². The van der Waals surface area contributed by atoms with Crippen molar-refractivity contribution in [2.45, 2.75) is 13.3 Å². The van der Waals surface area contributed by atoms with Gasteiger partial charge in [0.2, 0.25) is 0 Å². The van der Waals surface area contributed by atoms with Gasteiger partial charge in [0.1, 0.15) is 0 Å². The first-order chi connectivity index (χ1) is 10.2. The first-order valence-electron chi connectivity index (χ1n) is 6.77. The van der Waals surface area contributed by atoms with Crippen molar-refractivity contribution in [2.24, 2.45) is 0 Å². The standard InChI is InChI=1S/C18H14N2O/c1-12-3-2-4-13(7-12)9-18(21)16-11-20-17-8-14(10-19)5-6-15(16)17/h2-8,11,20H,9H2,1H3. The van der Waals surface area contributed by atoms with Crippen LogP contribution in [0.5, 0.6) is 0 Å². The molecule has 0 radical (unpaired) electrons. The summed E-state index contributed by atoms with van der Waals surface area (Å²) in [7, 11) is 0. The highest BCUT2D eigenvalue weighted by Crippen LogP contribution is 2.21. The van der Waals surface area contributed by atoms with E-state index in [2.05, 4.69) is 11.1 Å². The summed E-state index contributed by atoms with van der Waals surface area (Å²) in [5.41, 5.74) is 4.25. The Hall–Kier alpha value is -2.86. The summed E-state index contributed by atoms with van der Waals surface area (Å²) in [6, 6.07) is 15.4. The van der Waals surface area contributed by atoms with Gasteiger partial charge in [0.25, 0.3) is 0 Å². The summed E-state index contributed by atoms with van der Waals surface area (Å²) >= 11 is 0. The molecule has 3 rings (SSSR count). The molecule has 0 fully saturated rings. The molecule has 1 heterocycles. The number of aromatic amines is 1. The Labute approximate surface area is 122 Å². The minimum atomic E-state index is 0.0801. The summed E-state index contributed by atoms with van der Waals surface area (Å²) in [4.78, 5) is 15.5. The molecule has 102 valence electrons. The molecule has 0 atom stereocenters. The molecule has 0 unspecified atom stereocenters. The van der Waals surface area contributed by atoms with Gasteiger partial charge in [-0.2, -0.15) is 5.26 Å². The molecule has 0 saturated heterocycles. The fourth-order valence-corrected chi connectivity index (χ4v) is 2.53. The van der Waals surface area contributed by atoms with Crippen LogP contribution >= 0.6 is 0 Å². The topological polar surface area (TPSA) is 56.6 Å². The van der Waals surface area contributed by atoms with Crippen LogP contribution < -0.4 is 0 Å². The maximum Gasteiger partial charge on any atom is 0.169 e. The Kier molecular flexibility index (Phi) is 3.29. The predicted molar refractivity (Wildman–Crippen MR) is 82.2 cm³/mol. The summed E-state index contributed by atoms with van der Waals surface area (Å²) < 4.78 is 0. The molecular formula is C18H14N2O. The average Bonchev–Trinajstić information content (AvgIpc) is 2.90. The molecule has 1 aromatic heterocycles. The molecule has 1 N–H and O–H groups in total. The second kappa shape index (κ2) is 5.26. The molecule has 2 aromatic carbocycles. The number of H-pyrrole nitrogens is 1. The third kappa shape index (κ3) is 2.56. The lowest BCUT2D eigenvalue weighted by Crippen LogP contribution is -2.02. The SMILES string of the molecule is Cc1cccc(CC(=O)c2c[nH]c3cc(C#N)ccc23)c1. The second-order valence-corrected chi connectivity index (χ2v) is 5.16. The zero-order valence-electron chi connectivity index (χ0n) is 11.7. The number of ketones is 1. The van der Waals surface area contributed by atoms with Gasteiger partial charge in [-0.15, -0.1) is 0 Å². The number of hydrogen-bond donors (Lipinski definition) is 1. The van der Waals surface area contributed by atoms with Crippen molar-refractivity contribution in [1.82, 2.24) is 4.98 Å². The van der Waals surface area contributed by atoms with E-state index in [0.717, 1.165) is 22.0 Å². The molecule has 0 bridgehead atoms. The van der Waals surface area contributed by atoms with Gasteiger partial charge in [-0.25, -0.2) is 0 Å². The lowest BCUT2D eigenvalue weighted by atomic mass is 10.0. The van der Waals surface area contributed by atoms with Crippen LogP contribution in [-0.2, 0) is 6.42 Å². The molecule has 3 heteroatoms. The first-order valence-corrected chi connectivity index (χ1v) is 6.77. The van der Waals surface area contributed by atoms with E-state index in [1.165, 1.54) is 0 Å². The van der Waals surface area contributed by atoms with E-state index in [0.29, 0.717) is 17.5 Å². The molecule has 0 spiro atoms. The summed E-state index contributed by atoms with van der Waals surface area (Å²) in [6.07, 6.45) is 2.11. The van der Waals surface area contributed by atoms with Crippen molar-refractivity contribution < 1.29 is 4.79 Å². The number of carbonyl (C=O) groups excluding carboxylic acids is 1. The van der Waals surface area contributed by atoms with Crippen LogP contribution in [0.4, 0.5) is 0 Å². The molecular weight excluding hydrogens is 260 g/mol. The smallest absolute Gasteiger partial charge is 0.169 e. The molecule has 3 nitrogen and oxygen atoms in total. The highest BCUT2D eigenvalue weighted by Gasteiger charge is 2.13. The number of aromatic nitrogens is 1. The maximum absolute atomic E-state index is 12.5. The largest absolute Gasteiger partial charge is 0.360 e. The first kappa shape index (κ1) is 13.1. The van der Waals surface area contributed by atoms with E-state index in [9.17, 15) is 4.79 Å². The molecule has 0 aliphatic rings.